The van der Waals surface area contributed by atoms with Crippen LogP contribution in [-0.4, -0.2) is 55.2 Å². The van der Waals surface area contributed by atoms with E-state index < -0.39 is 39.2 Å². The number of benzene rings is 1. The average molecular weight is 387 g/mol. The smallest absolute Gasteiger partial charge is 0.410 e. The summed E-state index contributed by atoms with van der Waals surface area (Å²) in [5.41, 5.74) is 5.65. The number of primary amides is 1. The molecule has 0 aliphatic carbocycles. The third-order valence-corrected chi connectivity index (χ3v) is 4.27. The van der Waals surface area contributed by atoms with E-state index in [1.165, 1.54) is 24.3 Å². The number of ether oxygens (including phenoxy) is 1. The lowest BCUT2D eigenvalue weighted by Crippen LogP contribution is -2.44. The molecule has 1 heterocycles. The van der Waals surface area contributed by atoms with E-state index in [2.05, 4.69) is 0 Å². The lowest BCUT2D eigenvalue weighted by Gasteiger charge is -2.21. The standard InChI is InChI=1S/C14H17N3O8S/c1-26(22,23)25-11-6-12(13(15)18)16(7-11)14(19)24-8-9-2-4-10(5-3-9)17(20)21/h2-5,11-12H,6-8H2,1H3,(H2,15,18)/t11-,12+/m1/s1. The third-order valence-electron chi connectivity index (χ3n) is 3.65. The first-order valence-electron chi connectivity index (χ1n) is 7.41. The number of non-ortho nitro benzene ring substituents is 1. The fraction of sp³-hybridized carbons (Fsp3) is 0.429. The minimum atomic E-state index is -3.76. The van der Waals surface area contributed by atoms with Crippen LogP contribution in [0.5, 0.6) is 0 Å². The van der Waals surface area contributed by atoms with Crippen LogP contribution in [0.1, 0.15) is 12.0 Å². The maximum atomic E-state index is 12.2. The van der Waals surface area contributed by atoms with Gasteiger partial charge in [-0.25, -0.2) is 4.79 Å². The van der Waals surface area contributed by atoms with Gasteiger partial charge in [-0.3, -0.25) is 24.0 Å². The van der Waals surface area contributed by atoms with Crippen LogP contribution in [0, 0.1) is 10.1 Å². The van der Waals surface area contributed by atoms with E-state index in [4.69, 9.17) is 14.7 Å². The van der Waals surface area contributed by atoms with Gasteiger partial charge in [-0.15, -0.1) is 0 Å². The van der Waals surface area contributed by atoms with E-state index in [-0.39, 0.29) is 25.3 Å². The molecule has 1 aliphatic rings. The molecule has 26 heavy (non-hydrogen) atoms. The van der Waals surface area contributed by atoms with Crippen molar-refractivity contribution >= 4 is 27.8 Å². The van der Waals surface area contributed by atoms with Gasteiger partial charge in [-0.1, -0.05) is 0 Å². The summed E-state index contributed by atoms with van der Waals surface area (Å²) in [6.07, 6.45) is -0.960. The van der Waals surface area contributed by atoms with Crippen molar-refractivity contribution in [1.29, 1.82) is 0 Å². The van der Waals surface area contributed by atoms with Crippen molar-refractivity contribution in [2.75, 3.05) is 12.8 Å². The van der Waals surface area contributed by atoms with Gasteiger partial charge in [0.2, 0.25) is 5.91 Å². The zero-order valence-corrected chi connectivity index (χ0v) is 14.5. The van der Waals surface area contributed by atoms with Crippen molar-refractivity contribution in [3.63, 3.8) is 0 Å². The summed E-state index contributed by atoms with van der Waals surface area (Å²) in [7, 11) is -3.76. The zero-order chi connectivity index (χ0) is 19.5. The van der Waals surface area contributed by atoms with E-state index in [1.54, 1.807) is 0 Å². The molecule has 0 bridgehead atoms. The highest BCUT2D eigenvalue weighted by Gasteiger charge is 2.41. The van der Waals surface area contributed by atoms with Gasteiger partial charge in [0.05, 0.1) is 23.8 Å². The molecule has 11 nitrogen and oxygen atoms in total. The second-order valence-electron chi connectivity index (χ2n) is 5.71. The van der Waals surface area contributed by atoms with Crippen molar-refractivity contribution in [2.24, 2.45) is 5.73 Å². The number of carbonyl (C=O) groups excluding carboxylic acids is 2. The van der Waals surface area contributed by atoms with Crippen LogP contribution >= 0.6 is 0 Å². The van der Waals surface area contributed by atoms with Crippen LogP contribution in [0.15, 0.2) is 24.3 Å². The van der Waals surface area contributed by atoms with Crippen molar-refractivity contribution < 1.29 is 31.9 Å². The highest BCUT2D eigenvalue weighted by atomic mass is 32.2. The number of nitro groups is 1. The quantitative estimate of drug-likeness (QED) is 0.410. The molecular weight excluding hydrogens is 370 g/mol. The molecule has 0 saturated carbocycles. The number of nitro benzene ring substituents is 1. The first-order chi connectivity index (χ1) is 12.1. The molecule has 142 valence electrons. The number of hydrogen-bond donors (Lipinski definition) is 1. The van der Waals surface area contributed by atoms with E-state index >= 15 is 0 Å². The Morgan fingerprint density at radius 3 is 2.46 bits per heavy atom. The number of hydrogen-bond acceptors (Lipinski definition) is 8. The molecule has 2 N–H and O–H groups in total. The maximum absolute atomic E-state index is 12.2. The summed E-state index contributed by atoms with van der Waals surface area (Å²) in [4.78, 5) is 34.8. The molecular formula is C14H17N3O8S. The summed E-state index contributed by atoms with van der Waals surface area (Å²) in [5, 5.41) is 10.6. The Labute approximate surface area is 148 Å². The molecule has 1 aliphatic heterocycles. The van der Waals surface area contributed by atoms with Gasteiger partial charge < -0.3 is 10.5 Å². The van der Waals surface area contributed by atoms with Crippen molar-refractivity contribution in [2.45, 2.75) is 25.2 Å². The normalized spacial score (nSPS) is 20.0. The van der Waals surface area contributed by atoms with Gasteiger partial charge in [-0.05, 0) is 17.7 Å². The molecule has 0 aromatic heterocycles. The Balaban J connectivity index is 2.00. The van der Waals surface area contributed by atoms with Crippen LogP contribution in [0.25, 0.3) is 0 Å². The van der Waals surface area contributed by atoms with Crippen LogP contribution in [-0.2, 0) is 30.4 Å². The van der Waals surface area contributed by atoms with Crippen molar-refractivity contribution in [3.05, 3.63) is 39.9 Å². The van der Waals surface area contributed by atoms with E-state index in [0.29, 0.717) is 5.56 Å². The van der Waals surface area contributed by atoms with E-state index in [9.17, 15) is 28.1 Å². The Morgan fingerprint density at radius 2 is 1.96 bits per heavy atom. The number of nitrogens with two attached hydrogens (primary N) is 1. The maximum Gasteiger partial charge on any atom is 0.410 e. The van der Waals surface area contributed by atoms with Gasteiger partial charge in [-0.2, -0.15) is 8.42 Å². The highest BCUT2D eigenvalue weighted by molar-refractivity contribution is 7.86. The molecule has 0 spiro atoms. The minimum Gasteiger partial charge on any atom is -0.445 e. The number of likely N-dealkylation sites (tertiary alicyclic amines) is 1. The Morgan fingerprint density at radius 1 is 1.35 bits per heavy atom. The molecule has 0 radical (unpaired) electrons. The zero-order valence-electron chi connectivity index (χ0n) is 13.7. The molecule has 2 amide bonds. The fourth-order valence-corrected chi connectivity index (χ4v) is 3.16. The second-order valence-corrected chi connectivity index (χ2v) is 7.31. The summed E-state index contributed by atoms with van der Waals surface area (Å²) >= 11 is 0. The predicted octanol–water partition coefficient (Wildman–Crippen LogP) is 0.136. The Kier molecular flexibility index (Phi) is 5.77. The number of amides is 2. The molecule has 2 atom stereocenters. The number of rotatable bonds is 6. The molecule has 1 aromatic rings. The Bertz CT molecular complexity index is 808. The predicted molar refractivity (Wildman–Crippen MR) is 87.3 cm³/mol. The van der Waals surface area contributed by atoms with E-state index in [1.807, 2.05) is 0 Å². The van der Waals surface area contributed by atoms with Gasteiger partial charge in [0.1, 0.15) is 12.6 Å². The summed E-state index contributed by atoms with van der Waals surface area (Å²) < 4.78 is 32.3. The number of carbonyl (C=O) groups is 2. The topological polar surface area (TPSA) is 159 Å². The fourth-order valence-electron chi connectivity index (χ4n) is 2.53. The molecule has 1 fully saturated rings. The number of nitrogens with zero attached hydrogens (tertiary/aromatic N) is 2. The lowest BCUT2D eigenvalue weighted by atomic mass is 10.2. The largest absolute Gasteiger partial charge is 0.445 e. The van der Waals surface area contributed by atoms with Gasteiger partial charge in [0.25, 0.3) is 15.8 Å². The van der Waals surface area contributed by atoms with Crippen molar-refractivity contribution in [3.8, 4) is 0 Å². The molecule has 12 heteroatoms. The molecule has 1 aromatic carbocycles. The van der Waals surface area contributed by atoms with Gasteiger partial charge in [0, 0.05) is 18.6 Å². The van der Waals surface area contributed by atoms with Crippen LogP contribution in [0.3, 0.4) is 0 Å². The highest BCUT2D eigenvalue weighted by Crippen LogP contribution is 2.23. The van der Waals surface area contributed by atoms with Gasteiger partial charge >= 0.3 is 6.09 Å². The SMILES string of the molecule is CS(=O)(=O)O[C@@H]1C[C@@H](C(N)=O)N(C(=O)OCc2ccc([N+](=O)[O-])cc2)C1. The monoisotopic (exact) mass is 387 g/mol. The lowest BCUT2D eigenvalue weighted by molar-refractivity contribution is -0.384. The first-order valence-corrected chi connectivity index (χ1v) is 9.23. The first kappa shape index (κ1) is 19.6. The van der Waals surface area contributed by atoms with Crippen molar-refractivity contribution in [1.82, 2.24) is 4.90 Å². The van der Waals surface area contributed by atoms with E-state index in [0.717, 1.165) is 11.2 Å². The van der Waals surface area contributed by atoms with Gasteiger partial charge in [0.15, 0.2) is 0 Å². The second kappa shape index (κ2) is 7.66. The summed E-state index contributed by atoms with van der Waals surface area (Å²) in [6, 6.07) is 4.33. The molecule has 1 saturated heterocycles. The van der Waals surface area contributed by atoms with Crippen LogP contribution in [0.2, 0.25) is 0 Å². The molecule has 2 rings (SSSR count). The Hall–Kier alpha value is -2.73. The van der Waals surface area contributed by atoms with Crippen LogP contribution in [0.4, 0.5) is 10.5 Å². The minimum absolute atomic E-state index is 0.0605. The van der Waals surface area contributed by atoms with Crippen LogP contribution < -0.4 is 5.73 Å². The summed E-state index contributed by atoms with van der Waals surface area (Å²) in [6.45, 7) is -0.351. The third kappa shape index (κ3) is 5.13. The summed E-state index contributed by atoms with van der Waals surface area (Å²) in [5.74, 6) is -0.808. The molecule has 0 unspecified atom stereocenters. The average Bonchev–Trinajstić information content (AvgIpc) is 2.95.